The molecular formula is C11H13N3O4. The maximum Gasteiger partial charge on any atom is 0.269 e. The number of nitro groups is 1. The quantitative estimate of drug-likeness (QED) is 0.625. The molecule has 1 heterocycles. The Hall–Kier alpha value is -1.99. The molecular weight excluding hydrogens is 238 g/mol. The van der Waals surface area contributed by atoms with Crippen LogP contribution in [-0.2, 0) is 4.79 Å². The molecule has 18 heavy (non-hydrogen) atoms. The Morgan fingerprint density at radius 2 is 2.11 bits per heavy atom. The molecule has 1 atom stereocenters. The number of rotatable bonds is 3. The molecule has 0 bridgehead atoms. The molecule has 2 N–H and O–H groups in total. The molecule has 1 amide bonds. The van der Waals surface area contributed by atoms with Gasteiger partial charge in [-0.15, -0.1) is 0 Å². The van der Waals surface area contributed by atoms with E-state index >= 15 is 0 Å². The summed E-state index contributed by atoms with van der Waals surface area (Å²) in [5, 5.41) is 23.5. The minimum atomic E-state index is -0.541. The van der Waals surface area contributed by atoms with Crippen molar-refractivity contribution < 1.29 is 14.9 Å². The van der Waals surface area contributed by atoms with Gasteiger partial charge in [0.15, 0.2) is 0 Å². The molecule has 1 unspecified atom stereocenters. The smallest absolute Gasteiger partial charge is 0.269 e. The predicted octanol–water partition coefficient (Wildman–Crippen LogP) is 1.39. The van der Waals surface area contributed by atoms with Crippen molar-refractivity contribution in [2.24, 2.45) is 0 Å². The predicted molar refractivity (Wildman–Crippen MR) is 63.2 cm³/mol. The normalized spacial score (nSPS) is 19.7. The van der Waals surface area contributed by atoms with Crippen molar-refractivity contribution in [3.8, 4) is 0 Å². The molecule has 2 rings (SSSR count). The van der Waals surface area contributed by atoms with Gasteiger partial charge in [0.05, 0.1) is 4.92 Å². The highest BCUT2D eigenvalue weighted by atomic mass is 16.6. The highest BCUT2D eigenvalue weighted by Gasteiger charge is 2.29. The lowest BCUT2D eigenvalue weighted by atomic mass is 10.2. The van der Waals surface area contributed by atoms with Crippen LogP contribution in [0.5, 0.6) is 0 Å². The molecule has 1 aromatic carbocycles. The summed E-state index contributed by atoms with van der Waals surface area (Å²) >= 11 is 0. The molecule has 1 aliphatic rings. The number of carbonyl (C=O) groups is 1. The second kappa shape index (κ2) is 5.11. The van der Waals surface area contributed by atoms with E-state index < -0.39 is 11.0 Å². The summed E-state index contributed by atoms with van der Waals surface area (Å²) < 4.78 is 0. The van der Waals surface area contributed by atoms with Crippen molar-refractivity contribution in [1.29, 1.82) is 0 Å². The number of amides is 1. The van der Waals surface area contributed by atoms with Crippen LogP contribution in [0.25, 0.3) is 0 Å². The van der Waals surface area contributed by atoms with Gasteiger partial charge in [-0.25, -0.2) is 0 Å². The molecule has 0 aromatic heterocycles. The van der Waals surface area contributed by atoms with Gasteiger partial charge in [0, 0.05) is 24.4 Å². The highest BCUT2D eigenvalue weighted by Crippen LogP contribution is 2.19. The van der Waals surface area contributed by atoms with Gasteiger partial charge in [-0.2, -0.15) is 5.06 Å². The molecule has 96 valence electrons. The zero-order chi connectivity index (χ0) is 13.1. The summed E-state index contributed by atoms with van der Waals surface area (Å²) in [5.74, 6) is -0.302. The largest absolute Gasteiger partial charge is 0.325 e. The minimum Gasteiger partial charge on any atom is -0.325 e. The molecule has 1 fully saturated rings. The average Bonchev–Trinajstić information content (AvgIpc) is 2.76. The number of hydroxylamine groups is 2. The number of nitro benzene ring substituents is 1. The van der Waals surface area contributed by atoms with Crippen molar-refractivity contribution in [3.63, 3.8) is 0 Å². The van der Waals surface area contributed by atoms with E-state index in [0.717, 1.165) is 11.5 Å². The van der Waals surface area contributed by atoms with E-state index in [1.54, 1.807) is 0 Å². The Morgan fingerprint density at radius 3 is 2.61 bits per heavy atom. The van der Waals surface area contributed by atoms with Crippen LogP contribution in [0.2, 0.25) is 0 Å². The van der Waals surface area contributed by atoms with Gasteiger partial charge in [0.1, 0.15) is 6.04 Å². The van der Waals surface area contributed by atoms with Crippen LogP contribution in [0.15, 0.2) is 24.3 Å². The first-order valence-electron chi connectivity index (χ1n) is 5.59. The number of hydrogen-bond acceptors (Lipinski definition) is 5. The van der Waals surface area contributed by atoms with Gasteiger partial charge >= 0.3 is 0 Å². The second-order valence-electron chi connectivity index (χ2n) is 4.11. The first-order valence-corrected chi connectivity index (χ1v) is 5.59. The summed E-state index contributed by atoms with van der Waals surface area (Å²) in [6, 6.07) is 5.03. The zero-order valence-corrected chi connectivity index (χ0v) is 9.57. The Kier molecular flexibility index (Phi) is 3.54. The maximum atomic E-state index is 11.8. The van der Waals surface area contributed by atoms with Gasteiger partial charge in [-0.3, -0.25) is 14.9 Å². The lowest BCUT2D eigenvalue weighted by molar-refractivity contribution is -0.384. The van der Waals surface area contributed by atoms with Crippen molar-refractivity contribution in [3.05, 3.63) is 34.4 Å². The fourth-order valence-corrected chi connectivity index (χ4v) is 1.91. The number of non-ortho nitro benzene ring substituents is 1. The Balaban J connectivity index is 2.00. The van der Waals surface area contributed by atoms with Crippen molar-refractivity contribution in [2.45, 2.75) is 18.9 Å². The van der Waals surface area contributed by atoms with Crippen LogP contribution in [0.3, 0.4) is 0 Å². The SMILES string of the molecule is O=C(Nc1ccc([N+](=O)[O-])cc1)C1CCCN1O. The zero-order valence-electron chi connectivity index (χ0n) is 9.57. The maximum absolute atomic E-state index is 11.8. The number of nitrogens with zero attached hydrogens (tertiary/aromatic N) is 2. The third kappa shape index (κ3) is 2.63. The van der Waals surface area contributed by atoms with Gasteiger partial charge in [0.2, 0.25) is 5.91 Å². The van der Waals surface area contributed by atoms with E-state index in [-0.39, 0.29) is 11.6 Å². The van der Waals surface area contributed by atoms with Crippen molar-refractivity contribution in [2.75, 3.05) is 11.9 Å². The van der Waals surface area contributed by atoms with Gasteiger partial charge in [0.25, 0.3) is 5.69 Å². The summed E-state index contributed by atoms with van der Waals surface area (Å²) in [6.45, 7) is 0.484. The molecule has 1 saturated heterocycles. The van der Waals surface area contributed by atoms with E-state index in [1.165, 1.54) is 24.3 Å². The Bertz CT molecular complexity index is 460. The van der Waals surface area contributed by atoms with Crippen molar-refractivity contribution in [1.82, 2.24) is 5.06 Å². The third-order valence-corrected chi connectivity index (χ3v) is 2.87. The van der Waals surface area contributed by atoms with Crippen LogP contribution in [0.4, 0.5) is 11.4 Å². The number of anilines is 1. The Morgan fingerprint density at radius 1 is 1.44 bits per heavy atom. The fraction of sp³-hybridized carbons (Fsp3) is 0.364. The van der Waals surface area contributed by atoms with Crippen molar-refractivity contribution >= 4 is 17.3 Å². The molecule has 7 nitrogen and oxygen atoms in total. The molecule has 0 radical (unpaired) electrons. The van der Waals surface area contributed by atoms with Crippen LogP contribution in [-0.4, -0.2) is 33.7 Å². The van der Waals surface area contributed by atoms with E-state index in [2.05, 4.69) is 5.32 Å². The third-order valence-electron chi connectivity index (χ3n) is 2.87. The molecule has 0 saturated carbocycles. The number of carbonyl (C=O) groups excluding carboxylic acids is 1. The van der Waals surface area contributed by atoms with E-state index in [0.29, 0.717) is 18.7 Å². The molecule has 1 aliphatic heterocycles. The molecule has 0 aliphatic carbocycles. The Labute approximate surface area is 103 Å². The average molecular weight is 251 g/mol. The van der Waals surface area contributed by atoms with Crippen LogP contribution in [0.1, 0.15) is 12.8 Å². The highest BCUT2D eigenvalue weighted by molar-refractivity contribution is 5.94. The lowest BCUT2D eigenvalue weighted by Gasteiger charge is -2.16. The van der Waals surface area contributed by atoms with Gasteiger partial charge in [-0.1, -0.05) is 0 Å². The minimum absolute atomic E-state index is 0.0300. The number of nitrogens with one attached hydrogen (secondary N) is 1. The van der Waals surface area contributed by atoms with E-state index in [9.17, 15) is 20.1 Å². The molecule has 0 spiro atoms. The first kappa shape index (κ1) is 12.5. The second-order valence-corrected chi connectivity index (χ2v) is 4.11. The first-order chi connectivity index (χ1) is 8.58. The van der Waals surface area contributed by atoms with Crippen LogP contribution < -0.4 is 5.32 Å². The van der Waals surface area contributed by atoms with E-state index in [1.807, 2.05) is 0 Å². The van der Waals surface area contributed by atoms with Crippen LogP contribution in [0, 0.1) is 10.1 Å². The molecule has 1 aromatic rings. The topological polar surface area (TPSA) is 95.7 Å². The van der Waals surface area contributed by atoms with Gasteiger partial charge < -0.3 is 10.5 Å². The number of benzene rings is 1. The van der Waals surface area contributed by atoms with Gasteiger partial charge in [-0.05, 0) is 25.0 Å². The monoisotopic (exact) mass is 251 g/mol. The van der Waals surface area contributed by atoms with E-state index in [4.69, 9.17) is 0 Å². The summed E-state index contributed by atoms with van der Waals surface area (Å²) in [7, 11) is 0. The molecule has 7 heteroatoms. The lowest BCUT2D eigenvalue weighted by Crippen LogP contribution is -2.37. The van der Waals surface area contributed by atoms with Crippen LogP contribution >= 0.6 is 0 Å². The fourth-order valence-electron chi connectivity index (χ4n) is 1.91. The summed E-state index contributed by atoms with van der Waals surface area (Å²) in [5.41, 5.74) is 0.448. The number of hydrogen-bond donors (Lipinski definition) is 2. The standard InChI is InChI=1S/C11H13N3O4/c15-11(10-2-1-7-13(10)16)12-8-3-5-9(6-4-8)14(17)18/h3-6,10,16H,1-2,7H2,(H,12,15). The summed E-state index contributed by atoms with van der Waals surface area (Å²) in [6.07, 6.45) is 1.38. The summed E-state index contributed by atoms with van der Waals surface area (Å²) in [4.78, 5) is 21.8.